The number of methoxy groups -OCH3 is 1. The van der Waals surface area contributed by atoms with Gasteiger partial charge < -0.3 is 15.2 Å². The van der Waals surface area contributed by atoms with Gasteiger partial charge in [-0.15, -0.1) is 0 Å². The first kappa shape index (κ1) is 23.5. The van der Waals surface area contributed by atoms with Crippen molar-refractivity contribution in [1.82, 2.24) is 9.88 Å². The molecule has 1 amide bonds. The molecule has 0 radical (unpaired) electrons. The summed E-state index contributed by atoms with van der Waals surface area (Å²) in [6.07, 6.45) is -0.107. The van der Waals surface area contributed by atoms with Crippen molar-refractivity contribution in [3.63, 3.8) is 0 Å². The number of nitrogens with zero attached hydrogens (tertiary/aromatic N) is 1. The predicted octanol–water partition coefficient (Wildman–Crippen LogP) is 3.93. The quantitative estimate of drug-likeness (QED) is 0.508. The number of benzene rings is 2. The highest BCUT2D eigenvalue weighted by Gasteiger charge is 2.24. The molecule has 0 saturated carbocycles. The summed E-state index contributed by atoms with van der Waals surface area (Å²) in [4.78, 5) is 36.8. The highest BCUT2D eigenvalue weighted by Crippen LogP contribution is 2.32. The van der Waals surface area contributed by atoms with E-state index in [0.717, 1.165) is 4.47 Å². The summed E-state index contributed by atoms with van der Waals surface area (Å²) in [5.74, 6) is -3.16. The number of aromatic nitrogens is 1. The molecule has 3 rings (SSSR count). The van der Waals surface area contributed by atoms with E-state index in [-0.39, 0.29) is 24.6 Å². The van der Waals surface area contributed by atoms with Gasteiger partial charge in [-0.25, -0.2) is 4.39 Å². The number of hydrogen-bond acceptors (Lipinski definition) is 4. The smallest absolute Gasteiger partial charge is 0.308 e. The van der Waals surface area contributed by atoms with Crippen LogP contribution in [0.3, 0.4) is 0 Å². The summed E-state index contributed by atoms with van der Waals surface area (Å²) < 4.78 is 21.8. The van der Waals surface area contributed by atoms with Gasteiger partial charge in [0.15, 0.2) is 11.6 Å². The highest BCUT2D eigenvalue weighted by molar-refractivity contribution is 9.10. The van der Waals surface area contributed by atoms with E-state index in [4.69, 9.17) is 9.84 Å². The Kier molecular flexibility index (Phi) is 6.98. The van der Waals surface area contributed by atoms with Crippen LogP contribution in [-0.4, -0.2) is 41.1 Å². The Balaban J connectivity index is 2.06. The zero-order valence-electron chi connectivity index (χ0n) is 17.7. The maximum atomic E-state index is 14.5. The molecule has 9 heteroatoms. The minimum atomic E-state index is -1.02. The zero-order chi connectivity index (χ0) is 23.6. The van der Waals surface area contributed by atoms with Crippen LogP contribution in [0.25, 0.3) is 10.9 Å². The third-order valence-electron chi connectivity index (χ3n) is 5.27. The lowest BCUT2D eigenvalue weighted by Crippen LogP contribution is -2.32. The number of fused-ring (bicyclic) bond motifs is 1. The van der Waals surface area contributed by atoms with E-state index in [1.807, 2.05) is 0 Å². The molecular formula is C23H22BrFN2O5. The molecule has 7 nitrogen and oxygen atoms in total. The van der Waals surface area contributed by atoms with Gasteiger partial charge >= 0.3 is 5.97 Å². The van der Waals surface area contributed by atoms with Gasteiger partial charge in [0.1, 0.15) is 0 Å². The highest BCUT2D eigenvalue weighted by atomic mass is 79.9. The number of carboxylic acids is 1. The van der Waals surface area contributed by atoms with E-state index in [9.17, 15) is 18.8 Å². The molecule has 1 unspecified atom stereocenters. The normalized spacial score (nSPS) is 11.9. The first-order valence-corrected chi connectivity index (χ1v) is 10.6. The van der Waals surface area contributed by atoms with Crippen molar-refractivity contribution in [3.05, 3.63) is 63.5 Å². The first-order chi connectivity index (χ1) is 15.1. The Morgan fingerprint density at radius 1 is 1.22 bits per heavy atom. The fraction of sp³-hybridized carbons (Fsp3) is 0.261. The van der Waals surface area contributed by atoms with Crippen molar-refractivity contribution in [2.24, 2.45) is 5.92 Å². The third-order valence-corrected chi connectivity index (χ3v) is 5.80. The van der Waals surface area contributed by atoms with Crippen molar-refractivity contribution >= 4 is 44.6 Å². The van der Waals surface area contributed by atoms with Crippen LogP contribution >= 0.6 is 15.9 Å². The summed E-state index contributed by atoms with van der Waals surface area (Å²) in [7, 11) is 1.33. The Bertz CT molecular complexity index is 1200. The largest absolute Gasteiger partial charge is 0.494 e. The van der Waals surface area contributed by atoms with Crippen molar-refractivity contribution in [3.8, 4) is 5.75 Å². The van der Waals surface area contributed by atoms with Crippen LogP contribution in [0.1, 0.15) is 28.5 Å². The number of carbonyl (C=O) groups is 3. The van der Waals surface area contributed by atoms with E-state index in [2.05, 4.69) is 21.2 Å². The van der Waals surface area contributed by atoms with E-state index in [0.29, 0.717) is 27.7 Å². The number of amides is 1. The lowest BCUT2D eigenvalue weighted by atomic mass is 10.1. The second-order valence-electron chi connectivity index (χ2n) is 7.44. The molecule has 168 valence electrons. The monoisotopic (exact) mass is 504 g/mol. The Morgan fingerprint density at radius 3 is 2.47 bits per heavy atom. The number of aliphatic carboxylic acids is 1. The molecule has 32 heavy (non-hydrogen) atoms. The molecule has 0 aliphatic carbocycles. The van der Waals surface area contributed by atoms with Crippen molar-refractivity contribution in [2.45, 2.75) is 20.3 Å². The van der Waals surface area contributed by atoms with Crippen LogP contribution in [0.4, 0.5) is 4.39 Å². The molecule has 1 heterocycles. The van der Waals surface area contributed by atoms with Gasteiger partial charge in [-0.05, 0) is 42.8 Å². The number of halogens is 2. The molecule has 3 aromatic rings. The van der Waals surface area contributed by atoms with Crippen molar-refractivity contribution in [1.29, 1.82) is 0 Å². The number of hydrogen-bond donors (Lipinski definition) is 2. The third kappa shape index (κ3) is 4.67. The fourth-order valence-corrected chi connectivity index (χ4v) is 3.68. The molecule has 2 N–H and O–H groups in total. The van der Waals surface area contributed by atoms with Gasteiger partial charge in [-0.2, -0.15) is 0 Å². The summed E-state index contributed by atoms with van der Waals surface area (Å²) in [6.45, 7) is 3.15. The summed E-state index contributed by atoms with van der Waals surface area (Å²) >= 11 is 3.33. The van der Waals surface area contributed by atoms with Gasteiger partial charge in [0, 0.05) is 33.7 Å². The zero-order valence-corrected chi connectivity index (χ0v) is 19.3. The molecular weight excluding hydrogens is 483 g/mol. The molecule has 0 bridgehead atoms. The molecule has 0 fully saturated rings. The van der Waals surface area contributed by atoms with E-state index in [1.54, 1.807) is 31.2 Å². The van der Waals surface area contributed by atoms with Gasteiger partial charge in [0.2, 0.25) is 5.91 Å². The minimum Gasteiger partial charge on any atom is -0.494 e. The lowest BCUT2D eigenvalue weighted by Gasteiger charge is -2.09. The number of rotatable bonds is 7. The first-order valence-electron chi connectivity index (χ1n) is 9.81. The topological polar surface area (TPSA) is 97.6 Å². The SMILES string of the molecule is COc1cc2c(CC(=O)NCC(C)C(=O)O)c(C)n(C(=O)c3ccc(Br)cc3)c2cc1F. The van der Waals surface area contributed by atoms with Crippen LogP contribution in [-0.2, 0) is 16.0 Å². The van der Waals surface area contributed by atoms with Crippen LogP contribution < -0.4 is 10.1 Å². The van der Waals surface area contributed by atoms with Gasteiger partial charge in [0.05, 0.1) is 25.0 Å². The molecule has 1 aromatic heterocycles. The van der Waals surface area contributed by atoms with Crippen LogP contribution in [0.2, 0.25) is 0 Å². The van der Waals surface area contributed by atoms with E-state index in [1.165, 1.54) is 30.7 Å². The predicted molar refractivity (Wildman–Crippen MR) is 121 cm³/mol. The van der Waals surface area contributed by atoms with Gasteiger partial charge in [-0.1, -0.05) is 22.9 Å². The summed E-state index contributed by atoms with van der Waals surface area (Å²) in [5, 5.41) is 12.1. The Hall–Kier alpha value is -3.20. The maximum absolute atomic E-state index is 14.5. The average molecular weight is 505 g/mol. The standard InChI is InChI=1S/C23H22BrFN2O5/c1-12(23(30)31)11-26-21(28)9-16-13(2)27(22(29)14-4-6-15(24)7-5-14)19-10-18(25)20(32-3)8-17(16)19/h4-8,10,12H,9,11H2,1-3H3,(H,26,28)(H,30,31). The van der Waals surface area contributed by atoms with E-state index >= 15 is 0 Å². The number of nitrogens with one attached hydrogen (secondary N) is 1. The number of carboxylic acid groups (broad SMARTS) is 1. The molecule has 0 saturated heterocycles. The average Bonchev–Trinajstić information content (AvgIpc) is 3.01. The Morgan fingerprint density at radius 2 is 1.88 bits per heavy atom. The van der Waals surface area contributed by atoms with Gasteiger partial charge in [0.25, 0.3) is 5.91 Å². The molecule has 2 aromatic carbocycles. The molecule has 1 atom stereocenters. The molecule has 0 spiro atoms. The van der Waals surface area contributed by atoms with Crippen LogP contribution in [0.5, 0.6) is 5.75 Å². The molecule has 0 aliphatic rings. The van der Waals surface area contributed by atoms with Crippen LogP contribution in [0, 0.1) is 18.7 Å². The number of ether oxygens (including phenoxy) is 1. The van der Waals surface area contributed by atoms with Gasteiger partial charge in [-0.3, -0.25) is 19.0 Å². The van der Waals surface area contributed by atoms with E-state index < -0.39 is 23.6 Å². The van der Waals surface area contributed by atoms with Crippen molar-refractivity contribution in [2.75, 3.05) is 13.7 Å². The molecule has 0 aliphatic heterocycles. The second-order valence-corrected chi connectivity index (χ2v) is 8.35. The fourth-order valence-electron chi connectivity index (χ4n) is 3.42. The summed E-state index contributed by atoms with van der Waals surface area (Å²) in [5.41, 5.74) is 1.73. The number of carbonyl (C=O) groups excluding carboxylic acids is 2. The maximum Gasteiger partial charge on any atom is 0.308 e. The lowest BCUT2D eigenvalue weighted by molar-refractivity contribution is -0.141. The summed E-state index contributed by atoms with van der Waals surface area (Å²) in [6, 6.07) is 9.44. The van der Waals surface area contributed by atoms with Crippen molar-refractivity contribution < 1.29 is 28.6 Å². The Labute approximate surface area is 192 Å². The van der Waals surface area contributed by atoms with Crippen LogP contribution in [0.15, 0.2) is 40.9 Å². The minimum absolute atomic E-state index is 0.00750. The second kappa shape index (κ2) is 9.52.